The number of aliphatic carboxylic acids is 1. The van der Waals surface area contributed by atoms with Crippen LogP contribution in [0.3, 0.4) is 0 Å². The first-order chi connectivity index (χ1) is 8.61. The van der Waals surface area contributed by atoms with Gasteiger partial charge in [-0.3, -0.25) is 4.79 Å². The number of carbonyl (C=O) groups is 2. The van der Waals surface area contributed by atoms with Gasteiger partial charge in [-0.2, -0.15) is 0 Å². The third kappa shape index (κ3) is 5.20. The number of hydrogen-bond donors (Lipinski definition) is 2. The normalized spacial score (nSPS) is 9.61. The van der Waals surface area contributed by atoms with Crippen molar-refractivity contribution in [1.29, 1.82) is 0 Å². The molecule has 6 nitrogen and oxygen atoms in total. The lowest BCUT2D eigenvalue weighted by molar-refractivity contribution is -0.136. The predicted octanol–water partition coefficient (Wildman–Crippen LogP) is 1.65. The van der Waals surface area contributed by atoms with Crippen molar-refractivity contribution < 1.29 is 24.2 Å². The summed E-state index contributed by atoms with van der Waals surface area (Å²) in [4.78, 5) is 21.5. The van der Waals surface area contributed by atoms with Crippen LogP contribution >= 0.6 is 0 Å². The van der Waals surface area contributed by atoms with Gasteiger partial charge in [0.1, 0.15) is 11.5 Å². The van der Waals surface area contributed by atoms with E-state index in [-0.39, 0.29) is 13.0 Å². The maximum absolute atomic E-state index is 11.2. The summed E-state index contributed by atoms with van der Waals surface area (Å²) in [6.07, 6.45) is -0.821. The van der Waals surface area contributed by atoms with Gasteiger partial charge in [-0.15, -0.1) is 0 Å². The number of carbonyl (C=O) groups excluding carboxylic acids is 1. The van der Waals surface area contributed by atoms with Crippen molar-refractivity contribution in [3.63, 3.8) is 0 Å². The maximum Gasteiger partial charge on any atom is 0.412 e. The molecule has 6 heteroatoms. The van der Waals surface area contributed by atoms with Crippen LogP contribution in [0.5, 0.6) is 11.5 Å². The lowest BCUT2D eigenvalue weighted by Crippen LogP contribution is -2.28. The molecule has 0 aliphatic rings. The molecule has 1 aromatic carbocycles. The van der Waals surface area contributed by atoms with E-state index in [0.717, 1.165) is 0 Å². The maximum atomic E-state index is 11.2. The van der Waals surface area contributed by atoms with Crippen LogP contribution in [-0.2, 0) is 4.79 Å². The second-order valence-electron chi connectivity index (χ2n) is 3.36. The topological polar surface area (TPSA) is 84.9 Å². The Morgan fingerprint density at radius 3 is 2.39 bits per heavy atom. The molecule has 0 aliphatic heterocycles. The molecule has 18 heavy (non-hydrogen) atoms. The standard InChI is InChI=1S/C12H15NO5/c1-2-17-9-3-5-10(6-4-9)18-12(16)13-8-7-11(14)15/h3-6H,2,7-8H2,1H3,(H,13,16)(H,14,15). The van der Waals surface area contributed by atoms with Crippen molar-refractivity contribution in [2.75, 3.05) is 13.2 Å². The molecule has 1 rings (SSSR count). The smallest absolute Gasteiger partial charge is 0.412 e. The third-order valence-electron chi connectivity index (χ3n) is 1.95. The van der Waals surface area contributed by atoms with E-state index in [2.05, 4.69) is 5.32 Å². The largest absolute Gasteiger partial charge is 0.494 e. The van der Waals surface area contributed by atoms with E-state index in [4.69, 9.17) is 14.6 Å². The lowest BCUT2D eigenvalue weighted by Gasteiger charge is -2.06. The molecule has 0 unspecified atom stereocenters. The molecular weight excluding hydrogens is 238 g/mol. The molecule has 0 aromatic heterocycles. The highest BCUT2D eigenvalue weighted by Gasteiger charge is 2.05. The van der Waals surface area contributed by atoms with E-state index in [0.29, 0.717) is 18.1 Å². The number of nitrogens with one attached hydrogen (secondary N) is 1. The van der Waals surface area contributed by atoms with Crippen LogP contribution in [0.25, 0.3) is 0 Å². The van der Waals surface area contributed by atoms with E-state index in [1.807, 2.05) is 6.92 Å². The Labute approximate surface area is 105 Å². The van der Waals surface area contributed by atoms with Gasteiger partial charge in [0.15, 0.2) is 0 Å². The summed E-state index contributed by atoms with van der Waals surface area (Å²) < 4.78 is 10.2. The van der Waals surface area contributed by atoms with E-state index in [1.54, 1.807) is 24.3 Å². The zero-order valence-electron chi connectivity index (χ0n) is 10.0. The number of rotatable bonds is 6. The van der Waals surface area contributed by atoms with Crippen molar-refractivity contribution >= 4 is 12.1 Å². The van der Waals surface area contributed by atoms with Crippen molar-refractivity contribution in [2.45, 2.75) is 13.3 Å². The van der Waals surface area contributed by atoms with Gasteiger partial charge in [-0.25, -0.2) is 4.79 Å². The first kappa shape index (κ1) is 13.8. The van der Waals surface area contributed by atoms with Gasteiger partial charge in [0.25, 0.3) is 0 Å². The quantitative estimate of drug-likeness (QED) is 0.805. The summed E-state index contributed by atoms with van der Waals surface area (Å²) in [5.74, 6) is 0.0822. The Kier molecular flexibility index (Phi) is 5.50. The van der Waals surface area contributed by atoms with Crippen LogP contribution in [0.2, 0.25) is 0 Å². The molecule has 1 amide bonds. The molecule has 2 N–H and O–H groups in total. The van der Waals surface area contributed by atoms with Crippen molar-refractivity contribution in [1.82, 2.24) is 5.32 Å². The first-order valence-corrected chi connectivity index (χ1v) is 5.52. The van der Waals surface area contributed by atoms with Crippen molar-refractivity contribution in [2.24, 2.45) is 0 Å². The molecule has 0 atom stereocenters. The minimum Gasteiger partial charge on any atom is -0.494 e. The molecule has 1 aromatic rings. The van der Waals surface area contributed by atoms with E-state index < -0.39 is 12.1 Å². The summed E-state index contributed by atoms with van der Waals surface area (Å²) in [6, 6.07) is 6.57. The molecular formula is C12H15NO5. The minimum absolute atomic E-state index is 0.0329. The molecule has 0 aliphatic carbocycles. The molecule has 0 radical (unpaired) electrons. The van der Waals surface area contributed by atoms with Crippen molar-refractivity contribution in [3.05, 3.63) is 24.3 Å². The number of carboxylic acids is 1. The predicted molar refractivity (Wildman–Crippen MR) is 63.9 cm³/mol. The second-order valence-corrected chi connectivity index (χ2v) is 3.36. The third-order valence-corrected chi connectivity index (χ3v) is 1.95. The number of carboxylic acid groups (broad SMARTS) is 1. The molecule has 0 saturated heterocycles. The van der Waals surface area contributed by atoms with Crippen LogP contribution in [0.1, 0.15) is 13.3 Å². The molecule has 0 bridgehead atoms. The van der Waals surface area contributed by atoms with Gasteiger partial charge in [0, 0.05) is 6.54 Å². The summed E-state index contributed by atoms with van der Waals surface area (Å²) >= 11 is 0. The molecule has 98 valence electrons. The number of amides is 1. The van der Waals surface area contributed by atoms with Gasteiger partial charge < -0.3 is 19.9 Å². The summed E-state index contributed by atoms with van der Waals surface area (Å²) in [5, 5.41) is 10.7. The fraction of sp³-hybridized carbons (Fsp3) is 0.333. The summed E-state index contributed by atoms with van der Waals surface area (Å²) in [7, 11) is 0. The Bertz CT molecular complexity index is 401. The van der Waals surface area contributed by atoms with Crippen LogP contribution in [0.15, 0.2) is 24.3 Å². The van der Waals surface area contributed by atoms with Gasteiger partial charge in [-0.05, 0) is 31.2 Å². The highest BCUT2D eigenvalue weighted by atomic mass is 16.6. The van der Waals surface area contributed by atoms with Crippen LogP contribution in [0.4, 0.5) is 4.79 Å². The van der Waals surface area contributed by atoms with Crippen LogP contribution < -0.4 is 14.8 Å². The van der Waals surface area contributed by atoms with E-state index in [1.165, 1.54) is 0 Å². The molecule has 0 saturated carbocycles. The highest BCUT2D eigenvalue weighted by molar-refractivity contribution is 5.72. The van der Waals surface area contributed by atoms with Gasteiger partial charge in [0.2, 0.25) is 0 Å². The van der Waals surface area contributed by atoms with Gasteiger partial charge >= 0.3 is 12.1 Å². The summed E-state index contributed by atoms with van der Waals surface area (Å²) in [6.45, 7) is 2.47. The zero-order valence-corrected chi connectivity index (χ0v) is 10.0. The number of ether oxygens (including phenoxy) is 2. The monoisotopic (exact) mass is 253 g/mol. The lowest BCUT2D eigenvalue weighted by atomic mass is 10.3. The number of hydrogen-bond acceptors (Lipinski definition) is 4. The fourth-order valence-corrected chi connectivity index (χ4v) is 1.19. The average Bonchev–Trinajstić information content (AvgIpc) is 2.31. The zero-order chi connectivity index (χ0) is 13.4. The van der Waals surface area contributed by atoms with E-state index >= 15 is 0 Å². The molecule has 0 heterocycles. The Balaban J connectivity index is 2.37. The minimum atomic E-state index is -0.976. The summed E-state index contributed by atoms with van der Waals surface area (Å²) in [5.41, 5.74) is 0. The van der Waals surface area contributed by atoms with Gasteiger partial charge in [0.05, 0.1) is 13.0 Å². The Hall–Kier alpha value is -2.24. The molecule has 0 spiro atoms. The first-order valence-electron chi connectivity index (χ1n) is 5.52. The fourth-order valence-electron chi connectivity index (χ4n) is 1.19. The SMILES string of the molecule is CCOc1ccc(OC(=O)NCCC(=O)O)cc1. The second kappa shape index (κ2) is 7.16. The Morgan fingerprint density at radius 1 is 1.22 bits per heavy atom. The molecule has 0 fully saturated rings. The Morgan fingerprint density at radius 2 is 1.83 bits per heavy atom. The van der Waals surface area contributed by atoms with Crippen LogP contribution in [0, 0.1) is 0 Å². The van der Waals surface area contributed by atoms with Crippen molar-refractivity contribution in [3.8, 4) is 11.5 Å². The highest BCUT2D eigenvalue weighted by Crippen LogP contribution is 2.17. The van der Waals surface area contributed by atoms with Gasteiger partial charge in [-0.1, -0.05) is 0 Å². The number of benzene rings is 1. The average molecular weight is 253 g/mol. The van der Waals surface area contributed by atoms with E-state index in [9.17, 15) is 9.59 Å². The van der Waals surface area contributed by atoms with Crippen LogP contribution in [-0.4, -0.2) is 30.3 Å².